The summed E-state index contributed by atoms with van der Waals surface area (Å²) >= 11 is 0. The molecule has 8 heteroatoms. The number of benzene rings is 1. The number of rotatable bonds is 3. The summed E-state index contributed by atoms with van der Waals surface area (Å²) in [5, 5.41) is 3.67. The van der Waals surface area contributed by atoms with E-state index in [0.29, 0.717) is 31.6 Å². The van der Waals surface area contributed by atoms with Crippen LogP contribution in [0.25, 0.3) is 0 Å². The molecule has 7 nitrogen and oxygen atoms in total. The number of carbonyl (C=O) groups is 1. The third-order valence-corrected chi connectivity index (χ3v) is 7.79. The second-order valence-corrected chi connectivity index (χ2v) is 9.44. The Morgan fingerprint density at radius 3 is 2.74 bits per heavy atom. The summed E-state index contributed by atoms with van der Waals surface area (Å²) in [6.45, 7) is 3.15. The lowest BCUT2D eigenvalue weighted by Crippen LogP contribution is -2.49. The van der Waals surface area contributed by atoms with Gasteiger partial charge < -0.3 is 4.90 Å². The van der Waals surface area contributed by atoms with Crippen molar-refractivity contribution in [3.05, 3.63) is 47.3 Å². The Labute approximate surface area is 159 Å². The molecule has 3 heterocycles. The van der Waals surface area contributed by atoms with Crippen LogP contribution in [0.3, 0.4) is 0 Å². The van der Waals surface area contributed by atoms with Crippen LogP contribution < -0.4 is 4.31 Å². The molecule has 0 radical (unpaired) electrons. The number of piperidine rings is 1. The van der Waals surface area contributed by atoms with Gasteiger partial charge in [0, 0.05) is 32.4 Å². The first kappa shape index (κ1) is 18.0. The molecule has 144 valence electrons. The van der Waals surface area contributed by atoms with Crippen LogP contribution in [0.2, 0.25) is 0 Å². The molecule has 0 aliphatic carbocycles. The lowest BCUT2D eigenvalue weighted by molar-refractivity contribution is 0.0720. The Bertz CT molecular complexity index is 963. The minimum absolute atomic E-state index is 0.194. The predicted molar refractivity (Wildman–Crippen MR) is 103 cm³/mol. The first-order chi connectivity index (χ1) is 12.9. The van der Waals surface area contributed by atoms with Gasteiger partial charge in [0.15, 0.2) is 5.69 Å². The van der Waals surface area contributed by atoms with E-state index in [-0.39, 0.29) is 12.5 Å². The first-order valence-corrected chi connectivity index (χ1v) is 10.8. The van der Waals surface area contributed by atoms with Crippen molar-refractivity contribution in [1.82, 2.24) is 14.7 Å². The van der Waals surface area contributed by atoms with Gasteiger partial charge in [-0.3, -0.25) is 13.8 Å². The number of para-hydroxylation sites is 1. The molecular weight excluding hydrogens is 364 g/mol. The van der Waals surface area contributed by atoms with E-state index in [1.165, 1.54) is 4.31 Å². The average molecular weight is 388 g/mol. The highest BCUT2D eigenvalue weighted by Gasteiger charge is 2.39. The van der Waals surface area contributed by atoms with Crippen molar-refractivity contribution in [2.24, 2.45) is 7.05 Å². The van der Waals surface area contributed by atoms with E-state index in [4.69, 9.17) is 0 Å². The highest BCUT2D eigenvalue weighted by Crippen LogP contribution is 2.33. The van der Waals surface area contributed by atoms with E-state index in [1.54, 1.807) is 22.7 Å². The highest BCUT2D eigenvalue weighted by molar-refractivity contribution is 7.93. The van der Waals surface area contributed by atoms with Gasteiger partial charge >= 0.3 is 0 Å². The fraction of sp³-hybridized carbons (Fsp3) is 0.474. The van der Waals surface area contributed by atoms with Gasteiger partial charge in [0.05, 0.1) is 10.9 Å². The summed E-state index contributed by atoms with van der Waals surface area (Å²) in [5.74, 6) is -0.194. The molecule has 1 fully saturated rings. The molecule has 1 aromatic carbocycles. The quantitative estimate of drug-likeness (QED) is 0.802. The van der Waals surface area contributed by atoms with Crippen LogP contribution in [0, 0.1) is 6.92 Å². The molecule has 1 saturated heterocycles. The van der Waals surface area contributed by atoms with Gasteiger partial charge in [0.25, 0.3) is 5.91 Å². The number of likely N-dealkylation sites (tertiary alicyclic amines) is 1. The van der Waals surface area contributed by atoms with Crippen LogP contribution >= 0.6 is 0 Å². The molecule has 2 aliphatic heterocycles. The maximum atomic E-state index is 13.3. The Morgan fingerprint density at radius 2 is 2.00 bits per heavy atom. The zero-order valence-electron chi connectivity index (χ0n) is 15.6. The number of anilines is 1. The molecule has 0 N–H and O–H groups in total. The number of aromatic nitrogens is 2. The molecule has 0 unspecified atom stereocenters. The molecule has 1 amide bonds. The Hall–Kier alpha value is -2.35. The zero-order valence-corrected chi connectivity index (χ0v) is 16.4. The molecule has 27 heavy (non-hydrogen) atoms. The number of sulfonamides is 1. The molecule has 1 aromatic heterocycles. The number of amides is 1. The van der Waals surface area contributed by atoms with Gasteiger partial charge in [-0.15, -0.1) is 0 Å². The van der Waals surface area contributed by atoms with Crippen LogP contribution in [0.4, 0.5) is 5.69 Å². The molecule has 1 atom stereocenters. The number of hydrogen-bond acceptors (Lipinski definition) is 4. The van der Waals surface area contributed by atoms with Crippen molar-refractivity contribution in [1.29, 1.82) is 0 Å². The number of fused-ring (bicyclic) bond motifs is 1. The van der Waals surface area contributed by atoms with E-state index < -0.39 is 15.3 Å². The van der Waals surface area contributed by atoms with Gasteiger partial charge in [0.1, 0.15) is 0 Å². The van der Waals surface area contributed by atoms with E-state index >= 15 is 0 Å². The van der Waals surface area contributed by atoms with Gasteiger partial charge in [-0.05, 0) is 43.9 Å². The summed E-state index contributed by atoms with van der Waals surface area (Å²) in [5.41, 5.74) is 3.11. The second-order valence-electron chi connectivity index (χ2n) is 7.31. The molecule has 0 spiro atoms. The van der Waals surface area contributed by atoms with Gasteiger partial charge in [0.2, 0.25) is 10.0 Å². The number of hydrogen-bond donors (Lipinski definition) is 0. The normalized spacial score (nSPS) is 20.0. The summed E-state index contributed by atoms with van der Waals surface area (Å²) in [6, 6.07) is 9.39. The molecule has 4 rings (SSSR count). The van der Waals surface area contributed by atoms with Crippen LogP contribution in [0.5, 0.6) is 0 Å². The minimum Gasteiger partial charge on any atom is -0.336 e. The molecule has 2 aromatic rings. The van der Waals surface area contributed by atoms with Crippen LogP contribution in [-0.4, -0.2) is 53.9 Å². The Balaban J connectivity index is 1.55. The largest absolute Gasteiger partial charge is 0.336 e. The van der Waals surface area contributed by atoms with E-state index in [2.05, 4.69) is 5.10 Å². The molecule has 2 aliphatic rings. The fourth-order valence-corrected chi connectivity index (χ4v) is 5.94. The first-order valence-electron chi connectivity index (χ1n) is 9.27. The maximum Gasteiger partial charge on any atom is 0.274 e. The van der Waals surface area contributed by atoms with Crippen LogP contribution in [0.1, 0.15) is 34.6 Å². The fourth-order valence-electron chi connectivity index (χ4n) is 3.95. The molecule has 0 saturated carbocycles. The minimum atomic E-state index is -3.51. The van der Waals surface area contributed by atoms with Crippen LogP contribution in [-0.2, 0) is 23.5 Å². The average Bonchev–Trinajstić information content (AvgIpc) is 3.25. The predicted octanol–water partition coefficient (Wildman–Crippen LogP) is 1.73. The number of carbonyl (C=O) groups excluding carboxylic acids is 1. The second kappa shape index (κ2) is 6.67. The van der Waals surface area contributed by atoms with Crippen molar-refractivity contribution in [3.8, 4) is 0 Å². The highest BCUT2D eigenvalue weighted by atomic mass is 32.2. The Kier molecular flexibility index (Phi) is 4.46. The van der Waals surface area contributed by atoms with Crippen LogP contribution in [0.15, 0.2) is 30.3 Å². The van der Waals surface area contributed by atoms with Gasteiger partial charge in [-0.2, -0.15) is 5.10 Å². The van der Waals surface area contributed by atoms with E-state index in [1.807, 2.05) is 31.2 Å². The maximum absolute atomic E-state index is 13.3. The van der Waals surface area contributed by atoms with Gasteiger partial charge in [-0.25, -0.2) is 8.42 Å². The standard InChI is InChI=1S/C19H24N4O3S/c1-14-12-17(20-21(14)2)19(24)22-10-5-7-16(13-22)27(25,26)23-11-9-15-6-3-4-8-18(15)23/h3-4,6,8,12,16H,5,7,9-11,13H2,1-2H3/t16-/m1/s1. The third-order valence-electron chi connectivity index (χ3n) is 5.57. The number of nitrogens with zero attached hydrogens (tertiary/aromatic N) is 4. The van der Waals surface area contributed by atoms with Crippen molar-refractivity contribution in [2.45, 2.75) is 31.4 Å². The topological polar surface area (TPSA) is 75.5 Å². The Morgan fingerprint density at radius 1 is 1.22 bits per heavy atom. The van der Waals surface area contributed by atoms with E-state index in [9.17, 15) is 13.2 Å². The summed E-state index contributed by atoms with van der Waals surface area (Å²) in [6.07, 6.45) is 1.99. The van der Waals surface area contributed by atoms with Crippen molar-refractivity contribution in [2.75, 3.05) is 23.9 Å². The van der Waals surface area contributed by atoms with Crippen molar-refractivity contribution >= 4 is 21.6 Å². The lowest BCUT2D eigenvalue weighted by Gasteiger charge is -2.34. The molecule has 0 bridgehead atoms. The third kappa shape index (κ3) is 3.12. The summed E-state index contributed by atoms with van der Waals surface area (Å²) in [4.78, 5) is 14.4. The lowest BCUT2D eigenvalue weighted by atomic mass is 10.1. The SMILES string of the molecule is Cc1cc(C(=O)N2CCC[C@@H](S(=O)(=O)N3CCc4ccccc43)C2)nn1C. The van der Waals surface area contributed by atoms with Crippen molar-refractivity contribution in [3.63, 3.8) is 0 Å². The zero-order chi connectivity index (χ0) is 19.2. The van der Waals surface area contributed by atoms with Gasteiger partial charge in [-0.1, -0.05) is 18.2 Å². The number of aryl methyl sites for hydroxylation is 2. The van der Waals surface area contributed by atoms with E-state index in [0.717, 1.165) is 23.4 Å². The monoisotopic (exact) mass is 388 g/mol. The summed E-state index contributed by atoms with van der Waals surface area (Å²) < 4.78 is 29.8. The molecular formula is C19H24N4O3S. The van der Waals surface area contributed by atoms with Crippen molar-refractivity contribution < 1.29 is 13.2 Å². The smallest absolute Gasteiger partial charge is 0.274 e. The summed E-state index contributed by atoms with van der Waals surface area (Å²) in [7, 11) is -1.72.